The third kappa shape index (κ3) is 6.93. The predicted octanol–water partition coefficient (Wildman–Crippen LogP) is 4.98. The zero-order chi connectivity index (χ0) is 22.9. The second-order valence-corrected chi connectivity index (χ2v) is 9.04. The molecule has 0 aliphatic rings. The Hall–Kier alpha value is -2.64. The molecule has 0 aliphatic carbocycles. The number of hydrogen-bond acceptors (Lipinski definition) is 3. The van der Waals surface area contributed by atoms with E-state index < -0.39 is 6.04 Å². The summed E-state index contributed by atoms with van der Waals surface area (Å²) in [6.07, 6.45) is 0.404. The maximum absolute atomic E-state index is 13.3. The number of halogens is 2. The largest absolute Gasteiger partial charge is 0.484 e. The Morgan fingerprint density at radius 1 is 0.875 bits per heavy atom. The van der Waals surface area contributed by atoms with Crippen LogP contribution in [0.15, 0.2) is 87.8 Å². The van der Waals surface area contributed by atoms with Crippen LogP contribution in [0.4, 0.5) is 0 Å². The van der Waals surface area contributed by atoms with Crippen molar-refractivity contribution in [1.82, 2.24) is 10.2 Å². The average Bonchev–Trinajstić information content (AvgIpc) is 2.82. The van der Waals surface area contributed by atoms with E-state index in [4.69, 9.17) is 4.74 Å². The monoisotopic (exact) mass is 558 g/mol. The van der Waals surface area contributed by atoms with E-state index >= 15 is 0 Å². The molecule has 2 amide bonds. The van der Waals surface area contributed by atoms with Gasteiger partial charge >= 0.3 is 0 Å². The summed E-state index contributed by atoms with van der Waals surface area (Å²) in [5, 5.41) is 2.71. The lowest BCUT2D eigenvalue weighted by Crippen LogP contribution is -2.51. The van der Waals surface area contributed by atoms with Gasteiger partial charge in [0.05, 0.1) is 0 Å². The van der Waals surface area contributed by atoms with Crippen LogP contribution in [0.25, 0.3) is 0 Å². The SMILES string of the molecule is CNC(=O)C(Cc1ccccc1)N(Cc1ccc(Br)cc1)C(=O)COc1ccc(Br)cc1. The number of hydrogen-bond donors (Lipinski definition) is 1. The molecule has 1 unspecified atom stereocenters. The van der Waals surface area contributed by atoms with Crippen molar-refractivity contribution in [2.45, 2.75) is 19.0 Å². The second-order valence-electron chi connectivity index (χ2n) is 7.21. The number of nitrogens with one attached hydrogen (secondary N) is 1. The van der Waals surface area contributed by atoms with Gasteiger partial charge in [-0.1, -0.05) is 74.3 Å². The minimum atomic E-state index is -0.674. The Morgan fingerprint density at radius 3 is 2.06 bits per heavy atom. The summed E-state index contributed by atoms with van der Waals surface area (Å²) in [4.78, 5) is 27.8. The van der Waals surface area contributed by atoms with Gasteiger partial charge in [-0.15, -0.1) is 0 Å². The van der Waals surface area contributed by atoms with Crippen molar-refractivity contribution >= 4 is 43.7 Å². The Kier molecular flexibility index (Phi) is 8.88. The molecular formula is C25H24Br2N2O3. The number of rotatable bonds is 9. The molecule has 0 aliphatic heterocycles. The molecule has 1 N–H and O–H groups in total. The predicted molar refractivity (Wildman–Crippen MR) is 132 cm³/mol. The van der Waals surface area contributed by atoms with E-state index in [9.17, 15) is 9.59 Å². The Bertz CT molecular complexity index is 1030. The van der Waals surface area contributed by atoms with E-state index in [0.29, 0.717) is 18.7 Å². The lowest BCUT2D eigenvalue weighted by atomic mass is 10.0. The van der Waals surface area contributed by atoms with E-state index in [2.05, 4.69) is 37.2 Å². The smallest absolute Gasteiger partial charge is 0.261 e. The quantitative estimate of drug-likeness (QED) is 0.402. The topological polar surface area (TPSA) is 58.6 Å². The van der Waals surface area contributed by atoms with Crippen molar-refractivity contribution in [2.24, 2.45) is 0 Å². The molecule has 3 rings (SSSR count). The number of likely N-dealkylation sites (N-methyl/N-ethyl adjacent to an activating group) is 1. The van der Waals surface area contributed by atoms with E-state index in [1.165, 1.54) is 0 Å². The molecule has 0 spiro atoms. The molecule has 0 heterocycles. The fraction of sp³-hybridized carbons (Fsp3) is 0.200. The molecule has 3 aromatic rings. The lowest BCUT2D eigenvalue weighted by Gasteiger charge is -2.31. The third-order valence-corrected chi connectivity index (χ3v) is 6.02. The van der Waals surface area contributed by atoms with E-state index in [1.54, 1.807) is 24.1 Å². The van der Waals surface area contributed by atoms with Crippen LogP contribution in [0.1, 0.15) is 11.1 Å². The number of benzene rings is 3. The zero-order valence-corrected chi connectivity index (χ0v) is 20.8. The molecule has 0 bridgehead atoms. The first-order chi connectivity index (χ1) is 15.5. The fourth-order valence-corrected chi connectivity index (χ4v) is 3.79. The van der Waals surface area contributed by atoms with Gasteiger partial charge in [-0.3, -0.25) is 9.59 Å². The molecule has 32 heavy (non-hydrogen) atoms. The van der Waals surface area contributed by atoms with Gasteiger partial charge in [-0.2, -0.15) is 0 Å². The molecule has 0 aromatic heterocycles. The molecule has 0 saturated heterocycles. The first-order valence-corrected chi connectivity index (χ1v) is 11.7. The van der Waals surface area contributed by atoms with Crippen molar-refractivity contribution in [3.63, 3.8) is 0 Å². The van der Waals surface area contributed by atoms with Gasteiger partial charge in [0.2, 0.25) is 5.91 Å². The van der Waals surface area contributed by atoms with Crippen LogP contribution in [0.3, 0.4) is 0 Å². The minimum Gasteiger partial charge on any atom is -0.484 e. The van der Waals surface area contributed by atoms with Crippen LogP contribution in [0.2, 0.25) is 0 Å². The number of carbonyl (C=O) groups is 2. The Labute approximate surface area is 205 Å². The van der Waals surface area contributed by atoms with Crippen molar-refractivity contribution in [3.8, 4) is 5.75 Å². The van der Waals surface area contributed by atoms with Gasteiger partial charge in [0.15, 0.2) is 6.61 Å². The molecule has 5 nitrogen and oxygen atoms in total. The molecule has 0 saturated carbocycles. The van der Waals surface area contributed by atoms with Crippen LogP contribution >= 0.6 is 31.9 Å². The molecule has 0 radical (unpaired) electrons. The maximum atomic E-state index is 13.3. The van der Waals surface area contributed by atoms with Crippen molar-refractivity contribution in [1.29, 1.82) is 0 Å². The summed E-state index contributed by atoms with van der Waals surface area (Å²) in [5.41, 5.74) is 1.90. The highest BCUT2D eigenvalue weighted by Gasteiger charge is 2.30. The molecule has 0 fully saturated rings. The van der Waals surface area contributed by atoms with E-state index in [0.717, 1.165) is 20.1 Å². The van der Waals surface area contributed by atoms with Crippen LogP contribution < -0.4 is 10.1 Å². The first-order valence-electron chi connectivity index (χ1n) is 10.1. The highest BCUT2D eigenvalue weighted by molar-refractivity contribution is 9.10. The summed E-state index contributed by atoms with van der Waals surface area (Å²) in [6.45, 7) is 0.126. The molecule has 1 atom stereocenters. The summed E-state index contributed by atoms with van der Waals surface area (Å²) < 4.78 is 7.60. The number of carbonyl (C=O) groups excluding carboxylic acids is 2. The minimum absolute atomic E-state index is 0.166. The van der Waals surface area contributed by atoms with Gasteiger partial charge in [0.25, 0.3) is 5.91 Å². The summed E-state index contributed by atoms with van der Waals surface area (Å²) in [7, 11) is 1.58. The lowest BCUT2D eigenvalue weighted by molar-refractivity contribution is -0.142. The number of nitrogens with zero attached hydrogens (tertiary/aromatic N) is 1. The first kappa shape index (κ1) is 24.0. The van der Waals surface area contributed by atoms with E-state index in [1.807, 2.05) is 66.7 Å². The Balaban J connectivity index is 1.85. The summed E-state index contributed by atoms with van der Waals surface area (Å²) >= 11 is 6.82. The third-order valence-electron chi connectivity index (χ3n) is 4.96. The highest BCUT2D eigenvalue weighted by Crippen LogP contribution is 2.19. The van der Waals surface area contributed by atoms with Crippen molar-refractivity contribution in [2.75, 3.05) is 13.7 Å². The standard InChI is InChI=1S/C25H24Br2N2O3/c1-28-25(31)23(15-18-5-3-2-4-6-18)29(16-19-7-9-20(26)10-8-19)24(30)17-32-22-13-11-21(27)12-14-22/h2-14,23H,15-17H2,1H3,(H,28,31). The summed E-state index contributed by atoms with van der Waals surface area (Å²) in [6, 6.07) is 24.0. The number of amides is 2. The zero-order valence-electron chi connectivity index (χ0n) is 17.6. The van der Waals surface area contributed by atoms with Crippen LogP contribution in [-0.4, -0.2) is 36.4 Å². The van der Waals surface area contributed by atoms with Crippen LogP contribution in [0, 0.1) is 0 Å². The number of ether oxygens (including phenoxy) is 1. The van der Waals surface area contributed by atoms with Crippen LogP contribution in [0.5, 0.6) is 5.75 Å². The second kappa shape index (κ2) is 11.8. The Morgan fingerprint density at radius 2 is 1.47 bits per heavy atom. The molecule has 7 heteroatoms. The normalized spacial score (nSPS) is 11.5. The van der Waals surface area contributed by atoms with Gasteiger partial charge < -0.3 is 15.0 Å². The average molecular weight is 560 g/mol. The van der Waals surface area contributed by atoms with E-state index in [-0.39, 0.29) is 18.4 Å². The molecule has 3 aromatic carbocycles. The van der Waals surface area contributed by atoms with Gasteiger partial charge in [0, 0.05) is 29.0 Å². The fourth-order valence-electron chi connectivity index (χ4n) is 3.27. The van der Waals surface area contributed by atoms with Crippen molar-refractivity contribution < 1.29 is 14.3 Å². The van der Waals surface area contributed by atoms with Crippen molar-refractivity contribution in [3.05, 3.63) is 98.9 Å². The molecular weight excluding hydrogens is 536 g/mol. The molecule has 166 valence electrons. The van der Waals surface area contributed by atoms with Gasteiger partial charge in [-0.05, 0) is 47.5 Å². The maximum Gasteiger partial charge on any atom is 0.261 e. The van der Waals surface area contributed by atoms with Gasteiger partial charge in [-0.25, -0.2) is 0 Å². The summed E-state index contributed by atoms with van der Waals surface area (Å²) in [5.74, 6) is 0.105. The van der Waals surface area contributed by atoms with Gasteiger partial charge in [0.1, 0.15) is 11.8 Å². The van der Waals surface area contributed by atoms with Crippen LogP contribution in [-0.2, 0) is 22.6 Å². The highest BCUT2D eigenvalue weighted by atomic mass is 79.9.